The molecular weight excluding hydrogens is 425 g/mol. The van der Waals surface area contributed by atoms with Gasteiger partial charge in [0.05, 0.1) is 6.54 Å². The number of hydrogen-bond donors (Lipinski definition) is 1. The van der Waals surface area contributed by atoms with E-state index in [-0.39, 0.29) is 11.7 Å². The average Bonchev–Trinajstić information content (AvgIpc) is 2.86. The molecule has 3 nitrogen and oxygen atoms in total. The van der Waals surface area contributed by atoms with E-state index in [4.69, 9.17) is 4.74 Å². The molecule has 3 aromatic carbocycles. The molecule has 0 saturated heterocycles. The van der Waals surface area contributed by atoms with Crippen molar-refractivity contribution >= 4 is 5.91 Å². The highest BCUT2D eigenvalue weighted by Gasteiger charge is 2.07. The number of hydrogen-bond acceptors (Lipinski definition) is 2. The minimum atomic E-state index is -0.228. The number of ether oxygens (including phenoxy) is 1. The van der Waals surface area contributed by atoms with Crippen molar-refractivity contribution in [3.63, 3.8) is 0 Å². The maximum Gasteiger partial charge on any atom is 0.243 e. The van der Waals surface area contributed by atoms with E-state index in [0.29, 0.717) is 24.5 Å². The van der Waals surface area contributed by atoms with Crippen LogP contribution in [-0.4, -0.2) is 19.1 Å². The van der Waals surface area contributed by atoms with E-state index in [1.54, 1.807) is 6.07 Å². The molecule has 0 aromatic heterocycles. The molecule has 1 N–H and O–H groups in total. The van der Waals surface area contributed by atoms with Gasteiger partial charge in [0.25, 0.3) is 0 Å². The van der Waals surface area contributed by atoms with Crippen molar-refractivity contribution in [3.8, 4) is 16.9 Å². The number of nitrogens with one attached hydrogen (secondary N) is 1. The van der Waals surface area contributed by atoms with E-state index in [0.717, 1.165) is 30.4 Å². The van der Waals surface area contributed by atoms with E-state index in [9.17, 15) is 9.18 Å². The van der Waals surface area contributed by atoms with Gasteiger partial charge in [0.2, 0.25) is 5.91 Å². The van der Waals surface area contributed by atoms with Gasteiger partial charge >= 0.3 is 0 Å². The number of aryl methyl sites for hydroxylation is 3. The number of amides is 1. The number of rotatable bonds is 13. The normalized spacial score (nSPS) is 10.6. The van der Waals surface area contributed by atoms with Gasteiger partial charge in [-0.2, -0.15) is 0 Å². The molecule has 0 unspecified atom stereocenters. The quantitative estimate of drug-likeness (QED) is 0.228. The highest BCUT2D eigenvalue weighted by atomic mass is 19.1. The van der Waals surface area contributed by atoms with Crippen molar-refractivity contribution in [1.82, 2.24) is 5.32 Å². The molecule has 0 radical (unpaired) electrons. The SMILES string of the molecule is C=CC(=O)NCCOc1ccc(-c2ccc(CCc3ccc(CCCCC)cc3)cc2F)cc1. The van der Waals surface area contributed by atoms with Crippen molar-refractivity contribution in [3.05, 3.63) is 102 Å². The van der Waals surface area contributed by atoms with Crippen LogP contribution < -0.4 is 10.1 Å². The predicted octanol–water partition coefficient (Wildman–Crippen LogP) is 6.69. The first-order chi connectivity index (χ1) is 16.6. The average molecular weight is 460 g/mol. The second-order valence-electron chi connectivity index (χ2n) is 8.46. The van der Waals surface area contributed by atoms with Crippen molar-refractivity contribution in [1.29, 1.82) is 0 Å². The second-order valence-corrected chi connectivity index (χ2v) is 8.46. The zero-order valence-corrected chi connectivity index (χ0v) is 20.0. The summed E-state index contributed by atoms with van der Waals surface area (Å²) in [6.07, 6.45) is 7.83. The summed E-state index contributed by atoms with van der Waals surface area (Å²) in [5.74, 6) is 0.225. The lowest BCUT2D eigenvalue weighted by atomic mass is 9.98. The maximum absolute atomic E-state index is 14.8. The molecule has 3 rings (SSSR count). The zero-order chi connectivity index (χ0) is 24.2. The summed E-state index contributed by atoms with van der Waals surface area (Å²) < 4.78 is 20.4. The Hall–Kier alpha value is -3.40. The molecule has 0 atom stereocenters. The van der Waals surface area contributed by atoms with Crippen LogP contribution in [0.5, 0.6) is 5.75 Å². The smallest absolute Gasteiger partial charge is 0.243 e. The van der Waals surface area contributed by atoms with Gasteiger partial charge in [0.1, 0.15) is 18.2 Å². The van der Waals surface area contributed by atoms with Gasteiger partial charge in [-0.1, -0.05) is 74.9 Å². The Morgan fingerprint density at radius 3 is 2.21 bits per heavy atom. The minimum Gasteiger partial charge on any atom is -0.492 e. The molecule has 0 aliphatic carbocycles. The fourth-order valence-electron chi connectivity index (χ4n) is 3.83. The summed E-state index contributed by atoms with van der Waals surface area (Å²) >= 11 is 0. The Morgan fingerprint density at radius 1 is 0.912 bits per heavy atom. The minimum absolute atomic E-state index is 0.218. The van der Waals surface area contributed by atoms with Crippen LogP contribution in [-0.2, 0) is 24.1 Å². The summed E-state index contributed by atoms with van der Waals surface area (Å²) in [5.41, 5.74) is 5.04. The van der Waals surface area contributed by atoms with Crippen LogP contribution in [0.1, 0.15) is 42.9 Å². The lowest BCUT2D eigenvalue weighted by molar-refractivity contribution is -0.116. The van der Waals surface area contributed by atoms with Crippen LogP contribution in [0.3, 0.4) is 0 Å². The van der Waals surface area contributed by atoms with E-state index in [1.165, 1.54) is 36.5 Å². The molecule has 4 heteroatoms. The summed E-state index contributed by atoms with van der Waals surface area (Å²) in [4.78, 5) is 11.1. The lowest BCUT2D eigenvalue weighted by Crippen LogP contribution is -2.26. The van der Waals surface area contributed by atoms with E-state index >= 15 is 0 Å². The molecule has 0 aliphatic rings. The molecular formula is C30H34FNO2. The van der Waals surface area contributed by atoms with E-state index in [1.807, 2.05) is 36.4 Å². The summed E-state index contributed by atoms with van der Waals surface area (Å²) in [6.45, 7) is 6.37. The maximum atomic E-state index is 14.8. The van der Waals surface area contributed by atoms with E-state index in [2.05, 4.69) is 43.1 Å². The van der Waals surface area contributed by atoms with Crippen LogP contribution in [0, 0.1) is 5.82 Å². The topological polar surface area (TPSA) is 38.3 Å². The third-order valence-corrected chi connectivity index (χ3v) is 5.85. The summed E-state index contributed by atoms with van der Waals surface area (Å²) in [5, 5.41) is 2.65. The standard InChI is InChI=1S/C30H34FNO2/c1-3-5-6-7-23-8-10-24(11-9-23)12-13-25-14-19-28(29(31)22-25)26-15-17-27(18-16-26)34-21-20-32-30(33)4-2/h4,8-11,14-19,22H,2-3,5-7,12-13,20-21H2,1H3,(H,32,33). The highest BCUT2D eigenvalue weighted by Crippen LogP contribution is 2.26. The second kappa shape index (κ2) is 13.3. The number of halogens is 1. The van der Waals surface area contributed by atoms with Gasteiger partial charge < -0.3 is 10.1 Å². The lowest BCUT2D eigenvalue weighted by Gasteiger charge is -2.10. The Morgan fingerprint density at radius 2 is 1.56 bits per heavy atom. The van der Waals surface area contributed by atoms with Crippen molar-refractivity contribution in [2.24, 2.45) is 0 Å². The molecule has 1 amide bonds. The molecule has 0 fully saturated rings. The third-order valence-electron chi connectivity index (χ3n) is 5.85. The molecule has 0 bridgehead atoms. The molecule has 0 heterocycles. The Labute approximate surface area is 202 Å². The van der Waals surface area contributed by atoms with Crippen LogP contribution in [0.25, 0.3) is 11.1 Å². The number of unbranched alkanes of at least 4 members (excludes halogenated alkanes) is 2. The van der Waals surface area contributed by atoms with Gasteiger partial charge in [-0.15, -0.1) is 0 Å². The Kier molecular flexibility index (Phi) is 9.90. The van der Waals surface area contributed by atoms with Crippen LogP contribution >= 0.6 is 0 Å². The fourth-order valence-corrected chi connectivity index (χ4v) is 3.83. The van der Waals surface area contributed by atoms with Crippen molar-refractivity contribution in [2.45, 2.75) is 45.4 Å². The predicted molar refractivity (Wildman–Crippen MR) is 138 cm³/mol. The Bertz CT molecular complexity index is 1060. The first-order valence-electron chi connectivity index (χ1n) is 12.1. The Balaban J connectivity index is 1.51. The van der Waals surface area contributed by atoms with Crippen LogP contribution in [0.4, 0.5) is 4.39 Å². The third kappa shape index (κ3) is 7.87. The summed E-state index contributed by atoms with van der Waals surface area (Å²) in [6, 6.07) is 21.6. The molecule has 34 heavy (non-hydrogen) atoms. The number of carbonyl (C=O) groups is 1. The molecule has 0 spiro atoms. The van der Waals surface area contributed by atoms with Gasteiger partial charge in [0, 0.05) is 5.56 Å². The largest absolute Gasteiger partial charge is 0.492 e. The van der Waals surface area contributed by atoms with Gasteiger partial charge in [-0.25, -0.2) is 4.39 Å². The van der Waals surface area contributed by atoms with Crippen molar-refractivity contribution in [2.75, 3.05) is 13.2 Å². The fraction of sp³-hybridized carbons (Fsp3) is 0.300. The first kappa shape index (κ1) is 25.2. The first-order valence-corrected chi connectivity index (χ1v) is 12.1. The van der Waals surface area contributed by atoms with Crippen LogP contribution in [0.15, 0.2) is 79.4 Å². The van der Waals surface area contributed by atoms with Gasteiger partial charge in [-0.05, 0) is 72.2 Å². The van der Waals surface area contributed by atoms with Crippen molar-refractivity contribution < 1.29 is 13.9 Å². The molecule has 0 saturated carbocycles. The molecule has 3 aromatic rings. The van der Waals surface area contributed by atoms with Crippen LogP contribution in [0.2, 0.25) is 0 Å². The van der Waals surface area contributed by atoms with E-state index < -0.39 is 0 Å². The molecule has 0 aliphatic heterocycles. The zero-order valence-electron chi connectivity index (χ0n) is 20.0. The molecule has 178 valence electrons. The monoisotopic (exact) mass is 459 g/mol. The van der Waals surface area contributed by atoms with Gasteiger partial charge in [0.15, 0.2) is 0 Å². The van der Waals surface area contributed by atoms with Gasteiger partial charge in [-0.3, -0.25) is 4.79 Å². The number of benzene rings is 3. The highest BCUT2D eigenvalue weighted by molar-refractivity contribution is 5.86. The summed E-state index contributed by atoms with van der Waals surface area (Å²) in [7, 11) is 0. The number of carbonyl (C=O) groups excluding carboxylic acids is 1.